The monoisotopic (exact) mass is 288 g/mol. The summed E-state index contributed by atoms with van der Waals surface area (Å²) in [5.74, 6) is -1.13. The number of nitriles is 1. The SMILES string of the molecule is CCOC(=O)[C@H](C)NC(=O)/C(C#N)=C/c1ccc(O)cc1. The number of nitrogens with zero attached hydrogens (tertiary/aromatic N) is 1. The smallest absolute Gasteiger partial charge is 0.328 e. The van der Waals surface area contributed by atoms with Crippen molar-refractivity contribution in [2.45, 2.75) is 19.9 Å². The van der Waals surface area contributed by atoms with Crippen molar-refractivity contribution in [1.82, 2.24) is 5.32 Å². The van der Waals surface area contributed by atoms with E-state index in [9.17, 15) is 14.7 Å². The molecule has 0 aliphatic carbocycles. The Labute approximate surface area is 122 Å². The normalized spacial score (nSPS) is 12.1. The molecule has 1 atom stereocenters. The first-order valence-electron chi connectivity index (χ1n) is 6.36. The van der Waals surface area contributed by atoms with E-state index in [0.717, 1.165) is 0 Å². The summed E-state index contributed by atoms with van der Waals surface area (Å²) in [5, 5.41) is 20.6. The summed E-state index contributed by atoms with van der Waals surface area (Å²) in [7, 11) is 0. The molecule has 1 aromatic carbocycles. The number of nitrogens with one attached hydrogen (secondary N) is 1. The molecular weight excluding hydrogens is 272 g/mol. The maximum Gasteiger partial charge on any atom is 0.328 e. The van der Waals surface area contributed by atoms with Crippen LogP contribution in [0, 0.1) is 11.3 Å². The third-order valence-corrected chi connectivity index (χ3v) is 2.56. The van der Waals surface area contributed by atoms with Gasteiger partial charge in [0.25, 0.3) is 5.91 Å². The molecule has 0 fully saturated rings. The van der Waals surface area contributed by atoms with Gasteiger partial charge in [-0.1, -0.05) is 12.1 Å². The number of carbonyl (C=O) groups is 2. The van der Waals surface area contributed by atoms with Crippen LogP contribution in [-0.4, -0.2) is 29.6 Å². The Morgan fingerprint density at radius 3 is 2.57 bits per heavy atom. The highest BCUT2D eigenvalue weighted by Gasteiger charge is 2.18. The quantitative estimate of drug-likeness (QED) is 0.484. The molecule has 0 aliphatic rings. The summed E-state index contributed by atoms with van der Waals surface area (Å²) in [5.41, 5.74) is 0.445. The van der Waals surface area contributed by atoms with Gasteiger partial charge in [-0.05, 0) is 37.6 Å². The number of esters is 1. The zero-order valence-corrected chi connectivity index (χ0v) is 11.8. The van der Waals surface area contributed by atoms with E-state index in [1.54, 1.807) is 25.1 Å². The Morgan fingerprint density at radius 1 is 1.43 bits per heavy atom. The molecule has 0 radical (unpaired) electrons. The third-order valence-electron chi connectivity index (χ3n) is 2.56. The molecular formula is C15H16N2O4. The van der Waals surface area contributed by atoms with Crippen molar-refractivity contribution in [3.8, 4) is 11.8 Å². The summed E-state index contributed by atoms with van der Waals surface area (Å²) in [4.78, 5) is 23.3. The van der Waals surface area contributed by atoms with Crippen molar-refractivity contribution in [3.05, 3.63) is 35.4 Å². The van der Waals surface area contributed by atoms with Gasteiger partial charge in [0.05, 0.1) is 6.61 Å². The van der Waals surface area contributed by atoms with E-state index in [0.29, 0.717) is 5.56 Å². The maximum atomic E-state index is 11.9. The molecule has 6 heteroatoms. The average molecular weight is 288 g/mol. The van der Waals surface area contributed by atoms with Crippen LogP contribution in [0.25, 0.3) is 6.08 Å². The minimum absolute atomic E-state index is 0.0889. The van der Waals surface area contributed by atoms with E-state index < -0.39 is 17.9 Å². The second-order valence-electron chi connectivity index (χ2n) is 4.21. The highest BCUT2D eigenvalue weighted by atomic mass is 16.5. The van der Waals surface area contributed by atoms with Crippen molar-refractivity contribution < 1.29 is 19.4 Å². The van der Waals surface area contributed by atoms with E-state index in [1.165, 1.54) is 25.1 Å². The molecule has 110 valence electrons. The lowest BCUT2D eigenvalue weighted by Crippen LogP contribution is -2.40. The largest absolute Gasteiger partial charge is 0.508 e. The highest BCUT2D eigenvalue weighted by molar-refractivity contribution is 6.03. The van der Waals surface area contributed by atoms with Crippen molar-refractivity contribution >= 4 is 18.0 Å². The van der Waals surface area contributed by atoms with Gasteiger partial charge >= 0.3 is 5.97 Å². The summed E-state index contributed by atoms with van der Waals surface area (Å²) >= 11 is 0. The number of phenols is 1. The van der Waals surface area contributed by atoms with E-state index in [1.807, 2.05) is 0 Å². The first kappa shape index (κ1) is 16.2. The predicted octanol–water partition coefficient (Wildman–Crippen LogP) is 1.37. The first-order valence-corrected chi connectivity index (χ1v) is 6.36. The number of amides is 1. The van der Waals surface area contributed by atoms with Gasteiger partial charge in [-0.15, -0.1) is 0 Å². The summed E-state index contributed by atoms with van der Waals surface area (Å²) in [6.07, 6.45) is 1.37. The van der Waals surface area contributed by atoms with E-state index in [4.69, 9.17) is 10.00 Å². The van der Waals surface area contributed by atoms with E-state index in [-0.39, 0.29) is 17.9 Å². The predicted molar refractivity (Wildman–Crippen MR) is 75.9 cm³/mol. The van der Waals surface area contributed by atoms with Gasteiger partial charge < -0.3 is 15.2 Å². The van der Waals surface area contributed by atoms with E-state index >= 15 is 0 Å². The van der Waals surface area contributed by atoms with E-state index in [2.05, 4.69) is 5.32 Å². The Kier molecular flexibility index (Phi) is 5.96. The van der Waals surface area contributed by atoms with Gasteiger partial charge in [-0.3, -0.25) is 4.79 Å². The van der Waals surface area contributed by atoms with Crippen LogP contribution in [0.15, 0.2) is 29.8 Å². The lowest BCUT2D eigenvalue weighted by molar-refractivity contribution is -0.146. The molecule has 1 aromatic rings. The average Bonchev–Trinajstić information content (AvgIpc) is 2.46. The Morgan fingerprint density at radius 2 is 2.05 bits per heavy atom. The van der Waals surface area contributed by atoms with Crippen LogP contribution in [0.3, 0.4) is 0 Å². The summed E-state index contributed by atoms with van der Waals surface area (Å²) in [6.45, 7) is 3.36. The van der Waals surface area contributed by atoms with Gasteiger partial charge in [0, 0.05) is 0 Å². The van der Waals surface area contributed by atoms with Gasteiger partial charge in [0.15, 0.2) is 0 Å². The minimum Gasteiger partial charge on any atom is -0.508 e. The molecule has 0 saturated heterocycles. The number of rotatable bonds is 5. The molecule has 21 heavy (non-hydrogen) atoms. The van der Waals surface area contributed by atoms with Gasteiger partial charge in [0.1, 0.15) is 23.4 Å². The standard InChI is InChI=1S/C15H16N2O4/c1-3-21-15(20)10(2)17-14(19)12(9-16)8-11-4-6-13(18)7-5-11/h4-8,10,18H,3H2,1-2H3,(H,17,19)/b12-8+/t10-/m0/s1. The van der Waals surface area contributed by atoms with Crippen molar-refractivity contribution in [1.29, 1.82) is 5.26 Å². The molecule has 0 aliphatic heterocycles. The molecule has 2 N–H and O–H groups in total. The van der Waals surface area contributed by atoms with Crippen molar-refractivity contribution in [3.63, 3.8) is 0 Å². The van der Waals surface area contributed by atoms with Crippen LogP contribution in [0.1, 0.15) is 19.4 Å². The fraction of sp³-hybridized carbons (Fsp3) is 0.267. The topological polar surface area (TPSA) is 99.4 Å². The Bertz CT molecular complexity index is 585. The van der Waals surface area contributed by atoms with Crippen LogP contribution in [0.5, 0.6) is 5.75 Å². The molecule has 6 nitrogen and oxygen atoms in total. The minimum atomic E-state index is -0.839. The molecule has 0 bridgehead atoms. The van der Waals surface area contributed by atoms with Crippen LogP contribution in [-0.2, 0) is 14.3 Å². The lowest BCUT2D eigenvalue weighted by atomic mass is 10.1. The fourth-order valence-corrected chi connectivity index (χ4v) is 1.49. The summed E-state index contributed by atoms with van der Waals surface area (Å²) in [6, 6.07) is 6.95. The second kappa shape index (κ2) is 7.70. The zero-order chi connectivity index (χ0) is 15.8. The van der Waals surface area contributed by atoms with Crippen LogP contribution >= 0.6 is 0 Å². The fourth-order valence-electron chi connectivity index (χ4n) is 1.49. The second-order valence-corrected chi connectivity index (χ2v) is 4.21. The van der Waals surface area contributed by atoms with Gasteiger partial charge in [0.2, 0.25) is 0 Å². The maximum absolute atomic E-state index is 11.9. The first-order chi connectivity index (χ1) is 9.97. The zero-order valence-electron chi connectivity index (χ0n) is 11.8. The number of carbonyl (C=O) groups excluding carboxylic acids is 2. The summed E-state index contributed by atoms with van der Waals surface area (Å²) < 4.78 is 4.77. The van der Waals surface area contributed by atoms with Crippen LogP contribution < -0.4 is 5.32 Å². The lowest BCUT2D eigenvalue weighted by Gasteiger charge is -2.11. The number of ether oxygens (including phenoxy) is 1. The van der Waals surface area contributed by atoms with Crippen molar-refractivity contribution in [2.75, 3.05) is 6.61 Å². The van der Waals surface area contributed by atoms with Gasteiger partial charge in [-0.2, -0.15) is 5.26 Å². The van der Waals surface area contributed by atoms with Gasteiger partial charge in [-0.25, -0.2) is 4.79 Å². The Hall–Kier alpha value is -2.81. The molecule has 1 amide bonds. The molecule has 0 unspecified atom stereocenters. The number of benzene rings is 1. The van der Waals surface area contributed by atoms with Crippen LogP contribution in [0.2, 0.25) is 0 Å². The highest BCUT2D eigenvalue weighted by Crippen LogP contribution is 2.12. The molecule has 0 saturated carbocycles. The Balaban J connectivity index is 2.80. The molecule has 0 aromatic heterocycles. The number of phenolic OH excluding ortho intramolecular Hbond substituents is 1. The molecule has 0 spiro atoms. The number of hydrogen-bond acceptors (Lipinski definition) is 5. The third kappa shape index (κ3) is 4.99. The van der Waals surface area contributed by atoms with Crippen LogP contribution in [0.4, 0.5) is 0 Å². The van der Waals surface area contributed by atoms with Crippen molar-refractivity contribution in [2.24, 2.45) is 0 Å². The molecule has 1 rings (SSSR count). The number of aromatic hydroxyl groups is 1. The number of hydrogen-bond donors (Lipinski definition) is 2. The molecule has 0 heterocycles.